The van der Waals surface area contributed by atoms with Gasteiger partial charge in [0.2, 0.25) is 11.9 Å². The van der Waals surface area contributed by atoms with E-state index in [1.165, 1.54) is 0 Å². The van der Waals surface area contributed by atoms with Crippen LogP contribution in [0.15, 0.2) is 30.3 Å². The van der Waals surface area contributed by atoms with Crippen LogP contribution in [0, 0.1) is 12.8 Å². The Hall–Kier alpha value is -2.21. The third-order valence-corrected chi connectivity index (χ3v) is 3.31. The Bertz CT molecular complexity index is 603. The maximum absolute atomic E-state index is 12.0. The molecule has 0 spiro atoms. The fraction of sp³-hybridized carbons (Fsp3) is 0.357. The Morgan fingerprint density at radius 3 is 2.90 bits per heavy atom. The Morgan fingerprint density at radius 1 is 1.40 bits per heavy atom. The van der Waals surface area contributed by atoms with Crippen molar-refractivity contribution in [3.63, 3.8) is 0 Å². The zero-order valence-corrected chi connectivity index (χ0v) is 11.2. The van der Waals surface area contributed by atoms with Crippen LogP contribution in [0.5, 0.6) is 0 Å². The van der Waals surface area contributed by atoms with Gasteiger partial charge in [-0.15, -0.1) is 5.10 Å². The molecule has 1 saturated heterocycles. The van der Waals surface area contributed by atoms with Gasteiger partial charge in [-0.3, -0.25) is 10.1 Å². The van der Waals surface area contributed by atoms with Crippen molar-refractivity contribution >= 4 is 11.9 Å². The number of nitrogens with zero attached hydrogens (tertiary/aromatic N) is 3. The number of rotatable bonds is 3. The first kappa shape index (κ1) is 12.8. The number of benzene rings is 1. The van der Waals surface area contributed by atoms with E-state index in [4.69, 9.17) is 4.74 Å². The molecular formula is C14H16N4O2. The van der Waals surface area contributed by atoms with E-state index in [1.54, 1.807) is 4.68 Å². The molecule has 6 heteroatoms. The van der Waals surface area contributed by atoms with Gasteiger partial charge in [0, 0.05) is 6.61 Å². The van der Waals surface area contributed by atoms with E-state index in [1.807, 2.05) is 37.3 Å². The number of para-hydroxylation sites is 1. The van der Waals surface area contributed by atoms with Gasteiger partial charge in [-0.25, -0.2) is 4.68 Å². The summed E-state index contributed by atoms with van der Waals surface area (Å²) in [6.45, 7) is 2.97. The summed E-state index contributed by atoms with van der Waals surface area (Å²) in [5, 5.41) is 7.08. The van der Waals surface area contributed by atoms with E-state index >= 15 is 0 Å². The van der Waals surface area contributed by atoms with Crippen LogP contribution in [0.2, 0.25) is 0 Å². The summed E-state index contributed by atoms with van der Waals surface area (Å²) in [6, 6.07) is 9.70. The monoisotopic (exact) mass is 272 g/mol. The van der Waals surface area contributed by atoms with Crippen LogP contribution in [0.4, 0.5) is 5.95 Å². The van der Waals surface area contributed by atoms with Gasteiger partial charge in [0.15, 0.2) is 0 Å². The van der Waals surface area contributed by atoms with E-state index in [0.29, 0.717) is 19.2 Å². The van der Waals surface area contributed by atoms with Crippen LogP contribution in [0.3, 0.4) is 0 Å². The van der Waals surface area contributed by atoms with Crippen LogP contribution < -0.4 is 5.32 Å². The maximum Gasteiger partial charge on any atom is 0.249 e. The number of carbonyl (C=O) groups is 1. The first-order chi connectivity index (χ1) is 9.74. The van der Waals surface area contributed by atoms with Crippen molar-refractivity contribution in [2.45, 2.75) is 13.3 Å². The Labute approximate surface area is 116 Å². The first-order valence-electron chi connectivity index (χ1n) is 6.62. The van der Waals surface area contributed by atoms with E-state index in [9.17, 15) is 4.79 Å². The standard InChI is InChI=1S/C14H16N4O2/c1-10-15-14(16-13(19)11-7-8-20-9-11)17-18(10)12-5-3-2-4-6-12/h2-6,11H,7-9H2,1H3,(H,16,17,19)/t11-/m1/s1. The van der Waals surface area contributed by atoms with Gasteiger partial charge < -0.3 is 4.74 Å². The summed E-state index contributed by atoms with van der Waals surface area (Å²) in [7, 11) is 0. The normalized spacial score (nSPS) is 18.1. The van der Waals surface area contributed by atoms with E-state index in [0.717, 1.165) is 17.9 Å². The summed E-state index contributed by atoms with van der Waals surface area (Å²) in [5.74, 6) is 0.893. The lowest BCUT2D eigenvalue weighted by Crippen LogP contribution is -2.23. The molecule has 2 heterocycles. The molecule has 2 aromatic rings. The minimum atomic E-state index is -0.0982. The van der Waals surface area contributed by atoms with Crippen LogP contribution in [-0.4, -0.2) is 33.9 Å². The van der Waals surface area contributed by atoms with Crippen LogP contribution in [0.25, 0.3) is 5.69 Å². The Balaban J connectivity index is 1.77. The highest BCUT2D eigenvalue weighted by atomic mass is 16.5. The average Bonchev–Trinajstić information content (AvgIpc) is 3.09. The fourth-order valence-corrected chi connectivity index (χ4v) is 2.21. The second kappa shape index (κ2) is 5.42. The lowest BCUT2D eigenvalue weighted by molar-refractivity contribution is -0.119. The molecule has 1 atom stereocenters. The highest BCUT2D eigenvalue weighted by Gasteiger charge is 2.24. The van der Waals surface area contributed by atoms with Crippen molar-refractivity contribution in [1.29, 1.82) is 0 Å². The topological polar surface area (TPSA) is 69.0 Å². The molecule has 0 aliphatic carbocycles. The lowest BCUT2D eigenvalue weighted by Gasteiger charge is -2.05. The van der Waals surface area contributed by atoms with Crippen molar-refractivity contribution in [1.82, 2.24) is 14.8 Å². The second-order valence-electron chi connectivity index (χ2n) is 4.78. The van der Waals surface area contributed by atoms with E-state index in [-0.39, 0.29) is 11.8 Å². The molecule has 0 radical (unpaired) electrons. The maximum atomic E-state index is 12.0. The Kier molecular flexibility index (Phi) is 3.47. The van der Waals surface area contributed by atoms with Crippen molar-refractivity contribution in [2.24, 2.45) is 5.92 Å². The molecule has 1 aromatic heterocycles. The largest absolute Gasteiger partial charge is 0.381 e. The summed E-state index contributed by atoms with van der Waals surface area (Å²) in [5.41, 5.74) is 0.919. The minimum absolute atomic E-state index is 0.0762. The molecule has 1 fully saturated rings. The molecular weight excluding hydrogens is 256 g/mol. The number of aromatic nitrogens is 3. The molecule has 1 aliphatic rings. The first-order valence-corrected chi connectivity index (χ1v) is 6.62. The van der Waals surface area contributed by atoms with E-state index in [2.05, 4.69) is 15.4 Å². The molecule has 104 valence electrons. The van der Waals surface area contributed by atoms with Gasteiger partial charge in [-0.05, 0) is 25.5 Å². The van der Waals surface area contributed by atoms with Crippen molar-refractivity contribution in [2.75, 3.05) is 18.5 Å². The van der Waals surface area contributed by atoms with Gasteiger partial charge in [0.05, 0.1) is 18.2 Å². The third-order valence-electron chi connectivity index (χ3n) is 3.31. The number of ether oxygens (including phenoxy) is 1. The molecule has 3 rings (SSSR count). The smallest absolute Gasteiger partial charge is 0.249 e. The molecule has 0 unspecified atom stereocenters. The quantitative estimate of drug-likeness (QED) is 0.920. The van der Waals surface area contributed by atoms with Gasteiger partial charge in [0.1, 0.15) is 5.82 Å². The summed E-state index contributed by atoms with van der Waals surface area (Å²) in [6.07, 6.45) is 0.754. The molecule has 20 heavy (non-hydrogen) atoms. The number of carbonyl (C=O) groups excluding carboxylic acids is 1. The van der Waals surface area contributed by atoms with Crippen molar-refractivity contribution in [3.05, 3.63) is 36.2 Å². The zero-order chi connectivity index (χ0) is 13.9. The molecule has 1 aromatic carbocycles. The third kappa shape index (κ3) is 2.55. The Morgan fingerprint density at radius 2 is 2.20 bits per heavy atom. The summed E-state index contributed by atoms with van der Waals surface area (Å²) >= 11 is 0. The van der Waals surface area contributed by atoms with Gasteiger partial charge in [0.25, 0.3) is 0 Å². The summed E-state index contributed by atoms with van der Waals surface area (Å²) < 4.78 is 6.92. The number of hydrogen-bond acceptors (Lipinski definition) is 4. The zero-order valence-electron chi connectivity index (χ0n) is 11.2. The van der Waals surface area contributed by atoms with Crippen molar-refractivity contribution < 1.29 is 9.53 Å². The number of amides is 1. The molecule has 1 aliphatic heterocycles. The van der Waals surface area contributed by atoms with Crippen LogP contribution in [0.1, 0.15) is 12.2 Å². The molecule has 1 N–H and O–H groups in total. The number of anilines is 1. The highest BCUT2D eigenvalue weighted by Crippen LogP contribution is 2.15. The van der Waals surface area contributed by atoms with Gasteiger partial charge in [-0.2, -0.15) is 4.98 Å². The van der Waals surface area contributed by atoms with E-state index < -0.39 is 0 Å². The highest BCUT2D eigenvalue weighted by molar-refractivity contribution is 5.91. The molecule has 6 nitrogen and oxygen atoms in total. The van der Waals surface area contributed by atoms with Crippen molar-refractivity contribution in [3.8, 4) is 5.69 Å². The molecule has 1 amide bonds. The number of nitrogens with one attached hydrogen (secondary N) is 1. The predicted molar refractivity (Wildman–Crippen MR) is 73.7 cm³/mol. The van der Waals surface area contributed by atoms with Crippen LogP contribution in [-0.2, 0) is 9.53 Å². The number of hydrogen-bond donors (Lipinski definition) is 1. The fourth-order valence-electron chi connectivity index (χ4n) is 2.21. The average molecular weight is 272 g/mol. The SMILES string of the molecule is Cc1nc(NC(=O)[C@@H]2CCOC2)nn1-c1ccccc1. The second-order valence-corrected chi connectivity index (χ2v) is 4.78. The molecule has 0 bridgehead atoms. The van der Waals surface area contributed by atoms with Gasteiger partial charge >= 0.3 is 0 Å². The van der Waals surface area contributed by atoms with Gasteiger partial charge in [-0.1, -0.05) is 18.2 Å². The molecule has 0 saturated carbocycles. The number of aryl methyl sites for hydroxylation is 1. The van der Waals surface area contributed by atoms with Crippen LogP contribution >= 0.6 is 0 Å². The predicted octanol–water partition coefficient (Wildman–Crippen LogP) is 1.55. The lowest BCUT2D eigenvalue weighted by atomic mass is 10.1. The summed E-state index contributed by atoms with van der Waals surface area (Å²) in [4.78, 5) is 16.3. The minimum Gasteiger partial charge on any atom is -0.381 e.